The summed E-state index contributed by atoms with van der Waals surface area (Å²) in [5, 5.41) is 2.17. The third-order valence-electron chi connectivity index (χ3n) is 5.24. The van der Waals surface area contributed by atoms with Gasteiger partial charge in [0.2, 0.25) is 5.91 Å². The average Bonchev–Trinajstić information content (AvgIpc) is 3.27. The standard InChI is InChI=1S/C20H19N3OS2/c24-17(23-10-9-13-5-1-3-7-15(13)23)11-25-19-18-14-6-2-4-8-16(14)26-20(18)22-12-21-19/h1,3,5,7,12H,2,4,6,8-11H2. The largest absolute Gasteiger partial charge is 0.311 e. The number of fused-ring (bicyclic) bond motifs is 4. The molecule has 3 heterocycles. The lowest BCUT2D eigenvalue weighted by atomic mass is 9.97. The van der Waals surface area contributed by atoms with Crippen molar-refractivity contribution in [1.82, 2.24) is 9.97 Å². The van der Waals surface area contributed by atoms with Crippen LogP contribution in [-0.2, 0) is 24.1 Å². The zero-order valence-corrected chi connectivity index (χ0v) is 16.0. The molecule has 0 saturated heterocycles. The highest BCUT2D eigenvalue weighted by atomic mass is 32.2. The van der Waals surface area contributed by atoms with E-state index in [0.29, 0.717) is 5.75 Å². The quantitative estimate of drug-likeness (QED) is 0.503. The van der Waals surface area contributed by atoms with E-state index >= 15 is 0 Å². The number of aryl methyl sites for hydroxylation is 2. The molecule has 0 unspecified atom stereocenters. The first-order chi connectivity index (χ1) is 12.8. The van der Waals surface area contributed by atoms with Gasteiger partial charge in [0.15, 0.2) is 0 Å². The van der Waals surface area contributed by atoms with E-state index in [1.54, 1.807) is 29.4 Å². The number of anilines is 1. The van der Waals surface area contributed by atoms with Crippen LogP contribution in [0.1, 0.15) is 28.8 Å². The molecule has 2 aromatic heterocycles. The van der Waals surface area contributed by atoms with Crippen LogP contribution in [0.15, 0.2) is 35.6 Å². The molecular weight excluding hydrogens is 362 g/mol. The van der Waals surface area contributed by atoms with Crippen LogP contribution >= 0.6 is 23.1 Å². The third-order valence-corrected chi connectivity index (χ3v) is 7.41. The zero-order valence-electron chi connectivity index (χ0n) is 14.4. The second-order valence-corrected chi connectivity index (χ2v) is 8.83. The number of para-hydroxylation sites is 1. The van der Waals surface area contributed by atoms with Crippen molar-refractivity contribution in [2.24, 2.45) is 0 Å². The molecule has 1 aromatic carbocycles. The Morgan fingerprint density at radius 1 is 1.15 bits per heavy atom. The summed E-state index contributed by atoms with van der Waals surface area (Å²) in [6.45, 7) is 0.784. The second-order valence-electron chi connectivity index (χ2n) is 6.78. The summed E-state index contributed by atoms with van der Waals surface area (Å²) in [7, 11) is 0. The summed E-state index contributed by atoms with van der Waals surface area (Å²) >= 11 is 3.37. The molecule has 2 aliphatic rings. The molecule has 0 bridgehead atoms. The van der Waals surface area contributed by atoms with Crippen molar-refractivity contribution < 1.29 is 4.79 Å². The molecule has 3 aromatic rings. The van der Waals surface area contributed by atoms with Crippen LogP contribution in [0.2, 0.25) is 0 Å². The molecule has 6 heteroatoms. The van der Waals surface area contributed by atoms with Crippen molar-refractivity contribution in [3.8, 4) is 0 Å². The maximum atomic E-state index is 12.8. The number of rotatable bonds is 3. The fraction of sp³-hybridized carbons (Fsp3) is 0.350. The maximum absolute atomic E-state index is 12.8. The van der Waals surface area contributed by atoms with Crippen LogP contribution in [0, 0.1) is 0 Å². The van der Waals surface area contributed by atoms with Crippen LogP contribution in [0.5, 0.6) is 0 Å². The number of hydrogen-bond donors (Lipinski definition) is 0. The van der Waals surface area contributed by atoms with Crippen molar-refractivity contribution >= 4 is 44.9 Å². The van der Waals surface area contributed by atoms with Gasteiger partial charge >= 0.3 is 0 Å². The summed E-state index contributed by atoms with van der Waals surface area (Å²) in [6, 6.07) is 8.20. The first-order valence-corrected chi connectivity index (χ1v) is 10.9. The fourth-order valence-electron chi connectivity index (χ4n) is 3.98. The number of benzene rings is 1. The Kier molecular flexibility index (Phi) is 4.17. The van der Waals surface area contributed by atoms with Gasteiger partial charge in [-0.15, -0.1) is 11.3 Å². The average molecular weight is 382 g/mol. The number of nitrogens with zero attached hydrogens (tertiary/aromatic N) is 3. The number of thiophene rings is 1. The van der Waals surface area contributed by atoms with Gasteiger partial charge in [-0.3, -0.25) is 4.79 Å². The van der Waals surface area contributed by atoms with Crippen LogP contribution in [0.4, 0.5) is 5.69 Å². The van der Waals surface area contributed by atoms with E-state index in [2.05, 4.69) is 16.0 Å². The van der Waals surface area contributed by atoms with Gasteiger partial charge in [0.05, 0.1) is 5.75 Å². The van der Waals surface area contributed by atoms with Crippen LogP contribution in [-0.4, -0.2) is 28.2 Å². The molecule has 4 nitrogen and oxygen atoms in total. The highest BCUT2D eigenvalue weighted by Crippen LogP contribution is 2.39. The van der Waals surface area contributed by atoms with Crippen molar-refractivity contribution in [2.75, 3.05) is 17.2 Å². The number of carbonyl (C=O) groups is 1. The van der Waals surface area contributed by atoms with E-state index in [1.807, 2.05) is 23.1 Å². The van der Waals surface area contributed by atoms with Gasteiger partial charge < -0.3 is 4.90 Å². The Morgan fingerprint density at radius 2 is 2.04 bits per heavy atom. The maximum Gasteiger partial charge on any atom is 0.237 e. The Morgan fingerprint density at radius 3 is 3.00 bits per heavy atom. The Hall–Kier alpha value is -1.92. The SMILES string of the molecule is O=C(CSc1ncnc2sc3c(c12)CCCC3)N1CCc2ccccc21. The van der Waals surface area contributed by atoms with Crippen molar-refractivity contribution in [1.29, 1.82) is 0 Å². The van der Waals surface area contributed by atoms with Gasteiger partial charge in [-0.05, 0) is 49.3 Å². The van der Waals surface area contributed by atoms with E-state index in [4.69, 9.17) is 0 Å². The lowest BCUT2D eigenvalue weighted by Crippen LogP contribution is -2.30. The predicted octanol–water partition coefficient (Wildman–Crippen LogP) is 4.25. The van der Waals surface area contributed by atoms with Crippen LogP contribution in [0.25, 0.3) is 10.2 Å². The molecular formula is C20H19N3OS2. The lowest BCUT2D eigenvalue weighted by molar-refractivity contribution is -0.116. The molecule has 0 N–H and O–H groups in total. The first kappa shape index (κ1) is 16.3. The molecule has 132 valence electrons. The lowest BCUT2D eigenvalue weighted by Gasteiger charge is -2.17. The molecule has 0 saturated carbocycles. The Labute approximate surface area is 160 Å². The topological polar surface area (TPSA) is 46.1 Å². The highest BCUT2D eigenvalue weighted by Gasteiger charge is 2.25. The minimum Gasteiger partial charge on any atom is -0.311 e. The molecule has 1 aliphatic heterocycles. The number of aromatic nitrogens is 2. The molecule has 0 fully saturated rings. The minimum absolute atomic E-state index is 0.163. The van der Waals surface area contributed by atoms with Gasteiger partial charge in [-0.1, -0.05) is 30.0 Å². The second kappa shape index (κ2) is 6.67. The smallest absolute Gasteiger partial charge is 0.237 e. The van der Waals surface area contributed by atoms with Gasteiger partial charge in [0.1, 0.15) is 16.2 Å². The minimum atomic E-state index is 0.163. The molecule has 0 radical (unpaired) electrons. The van der Waals surface area contributed by atoms with Crippen LogP contribution < -0.4 is 4.90 Å². The molecule has 0 spiro atoms. The van der Waals surface area contributed by atoms with Crippen LogP contribution in [0.3, 0.4) is 0 Å². The monoisotopic (exact) mass is 381 g/mol. The Bertz CT molecular complexity index is 998. The summed E-state index contributed by atoms with van der Waals surface area (Å²) in [6.07, 6.45) is 7.36. The van der Waals surface area contributed by atoms with Crippen molar-refractivity contribution in [2.45, 2.75) is 37.1 Å². The highest BCUT2D eigenvalue weighted by molar-refractivity contribution is 8.00. The third kappa shape index (κ3) is 2.72. The summed E-state index contributed by atoms with van der Waals surface area (Å²) < 4.78 is 0. The van der Waals surface area contributed by atoms with Gasteiger partial charge in [-0.25, -0.2) is 9.97 Å². The molecule has 0 atom stereocenters. The summed E-state index contributed by atoms with van der Waals surface area (Å²) in [5.74, 6) is 0.584. The van der Waals surface area contributed by atoms with Crippen molar-refractivity contribution in [3.05, 3.63) is 46.6 Å². The molecule has 1 amide bonds. The van der Waals surface area contributed by atoms with E-state index in [9.17, 15) is 4.79 Å². The van der Waals surface area contributed by atoms with Gasteiger partial charge in [0.25, 0.3) is 0 Å². The fourth-order valence-corrected chi connectivity index (χ4v) is 6.17. The number of amides is 1. The Balaban J connectivity index is 1.39. The molecule has 5 rings (SSSR count). The van der Waals surface area contributed by atoms with E-state index in [0.717, 1.165) is 41.4 Å². The zero-order chi connectivity index (χ0) is 17.5. The number of thioether (sulfide) groups is 1. The molecule has 1 aliphatic carbocycles. The van der Waals surface area contributed by atoms with E-state index in [1.165, 1.54) is 34.2 Å². The van der Waals surface area contributed by atoms with Gasteiger partial charge in [-0.2, -0.15) is 0 Å². The predicted molar refractivity (Wildman–Crippen MR) is 107 cm³/mol. The molecule has 26 heavy (non-hydrogen) atoms. The van der Waals surface area contributed by atoms with E-state index < -0.39 is 0 Å². The summed E-state index contributed by atoms with van der Waals surface area (Å²) in [5.41, 5.74) is 3.76. The van der Waals surface area contributed by atoms with Gasteiger partial charge in [0, 0.05) is 22.5 Å². The number of hydrogen-bond acceptors (Lipinski definition) is 5. The summed E-state index contributed by atoms with van der Waals surface area (Å²) in [4.78, 5) is 26.3. The number of carbonyl (C=O) groups excluding carboxylic acids is 1. The van der Waals surface area contributed by atoms with Crippen molar-refractivity contribution in [3.63, 3.8) is 0 Å². The first-order valence-electron chi connectivity index (χ1n) is 9.07. The van der Waals surface area contributed by atoms with E-state index in [-0.39, 0.29) is 5.91 Å². The normalized spacial score (nSPS) is 15.9.